The molecule has 5 rings (SSSR count). The summed E-state index contributed by atoms with van der Waals surface area (Å²) >= 11 is 0. The van der Waals surface area contributed by atoms with Crippen LogP contribution in [0.25, 0.3) is 11.3 Å². The second-order valence-electron chi connectivity index (χ2n) is 12.2. The highest BCUT2D eigenvalue weighted by molar-refractivity contribution is 7.89. The molecule has 4 aromatic carbocycles. The summed E-state index contributed by atoms with van der Waals surface area (Å²) in [5.74, 6) is -0.399. The van der Waals surface area contributed by atoms with E-state index in [4.69, 9.17) is 34.2 Å². The highest BCUT2D eigenvalue weighted by Crippen LogP contribution is 2.44. The number of hydrogen-bond acceptors (Lipinski definition) is 11. The van der Waals surface area contributed by atoms with Gasteiger partial charge in [0, 0.05) is 48.0 Å². The minimum absolute atomic E-state index is 0.0144. The van der Waals surface area contributed by atoms with Crippen LogP contribution in [0.2, 0.25) is 0 Å². The molecule has 1 aromatic heterocycles. The van der Waals surface area contributed by atoms with Gasteiger partial charge >= 0.3 is 6.18 Å². The maximum absolute atomic E-state index is 14.9. The molecule has 2 N–H and O–H groups in total. The van der Waals surface area contributed by atoms with E-state index in [1.165, 1.54) is 71.9 Å². The van der Waals surface area contributed by atoms with E-state index in [0.717, 1.165) is 17.3 Å². The van der Waals surface area contributed by atoms with Crippen molar-refractivity contribution in [2.45, 2.75) is 31.1 Å². The number of primary amides is 1. The molecule has 0 aliphatic rings. The predicted molar refractivity (Wildman–Crippen MR) is 201 cm³/mol. The molecular weight excluding hydrogens is 770 g/mol. The summed E-state index contributed by atoms with van der Waals surface area (Å²) in [6.45, 7) is 0.527. The third kappa shape index (κ3) is 8.82. The van der Waals surface area contributed by atoms with Crippen molar-refractivity contribution in [2.24, 2.45) is 5.73 Å². The Kier molecular flexibility index (Phi) is 12.5. The first-order chi connectivity index (χ1) is 27.1. The van der Waals surface area contributed by atoms with Gasteiger partial charge in [0.15, 0.2) is 11.5 Å². The van der Waals surface area contributed by atoms with E-state index < -0.39 is 50.4 Å². The zero-order chi connectivity index (χ0) is 41.7. The fourth-order valence-electron chi connectivity index (χ4n) is 6.05. The monoisotopic (exact) mass is 806 g/mol. The number of aromatic nitrogens is 1. The van der Waals surface area contributed by atoms with Crippen LogP contribution in [0, 0.1) is 18.3 Å². The highest BCUT2D eigenvalue weighted by Gasteiger charge is 2.40. The average molecular weight is 807 g/mol. The predicted octanol–water partition coefficient (Wildman–Crippen LogP) is 7.27. The molecule has 0 unspecified atom stereocenters. The fraction of sp³-hybridized carbons (Fsp3) is 0.225. The second-order valence-corrected chi connectivity index (χ2v) is 14.2. The van der Waals surface area contributed by atoms with Gasteiger partial charge in [-0.2, -0.15) is 22.7 Å². The third-order valence-electron chi connectivity index (χ3n) is 8.87. The fourth-order valence-corrected chi connectivity index (χ4v) is 7.49. The molecule has 0 atom stereocenters. The van der Waals surface area contributed by atoms with Gasteiger partial charge in [-0.05, 0) is 48.9 Å². The Morgan fingerprint density at radius 2 is 1.37 bits per heavy atom. The molecule has 0 aliphatic carbocycles. The Hall–Kier alpha value is -6.51. The van der Waals surface area contributed by atoms with Gasteiger partial charge in [-0.15, -0.1) is 0 Å². The number of nitrogens with zero attached hydrogens (tertiary/aromatic N) is 3. The van der Waals surface area contributed by atoms with Gasteiger partial charge in [-0.1, -0.05) is 24.3 Å². The summed E-state index contributed by atoms with van der Waals surface area (Å²) in [5, 5.41) is 9.32. The molecule has 0 radical (unpaired) electrons. The van der Waals surface area contributed by atoms with Gasteiger partial charge in [0.1, 0.15) is 28.6 Å². The quantitative estimate of drug-likeness (QED) is 0.113. The summed E-state index contributed by atoms with van der Waals surface area (Å²) in [4.78, 5) is 16.5. The molecule has 0 spiro atoms. The van der Waals surface area contributed by atoms with E-state index in [2.05, 4.69) is 4.98 Å². The number of nitriles is 1. The molecule has 0 saturated carbocycles. The third-order valence-corrected chi connectivity index (χ3v) is 10.7. The first-order valence-electron chi connectivity index (χ1n) is 16.8. The first kappa shape index (κ1) is 41.6. The summed E-state index contributed by atoms with van der Waals surface area (Å²) in [7, 11) is 2.48. The van der Waals surface area contributed by atoms with Crippen LogP contribution in [0.5, 0.6) is 40.4 Å². The lowest BCUT2D eigenvalue weighted by Gasteiger charge is -2.25. The maximum atomic E-state index is 14.9. The van der Waals surface area contributed by atoms with Crippen LogP contribution < -0.4 is 34.2 Å². The molecule has 1 heterocycles. The van der Waals surface area contributed by atoms with E-state index >= 15 is 0 Å². The topological polar surface area (TPSA) is 173 Å². The maximum Gasteiger partial charge on any atom is 0.418 e. The van der Waals surface area contributed by atoms with Crippen LogP contribution in [0.1, 0.15) is 38.2 Å². The van der Waals surface area contributed by atoms with E-state index in [9.17, 15) is 31.6 Å². The number of benzene rings is 4. The average Bonchev–Trinajstić information content (AvgIpc) is 3.19. The molecule has 0 saturated heterocycles. The second kappa shape index (κ2) is 17.1. The number of pyridine rings is 1. The van der Waals surface area contributed by atoms with Crippen LogP contribution >= 0.6 is 0 Å². The number of halogens is 3. The van der Waals surface area contributed by atoms with Gasteiger partial charge in [-0.25, -0.2) is 13.4 Å². The van der Waals surface area contributed by atoms with Gasteiger partial charge in [0.05, 0.1) is 63.3 Å². The van der Waals surface area contributed by atoms with E-state index in [1.54, 1.807) is 36.4 Å². The van der Waals surface area contributed by atoms with Crippen LogP contribution in [-0.4, -0.2) is 59.2 Å². The number of amides is 1. The van der Waals surface area contributed by atoms with Crippen molar-refractivity contribution in [3.05, 3.63) is 112 Å². The molecule has 0 bridgehead atoms. The molecular formula is C40H37F3N4O9S. The van der Waals surface area contributed by atoms with Gasteiger partial charge in [0.2, 0.25) is 15.9 Å². The molecule has 17 heteroatoms. The summed E-state index contributed by atoms with van der Waals surface area (Å²) in [6.07, 6.45) is -5.10. The molecule has 0 fully saturated rings. The van der Waals surface area contributed by atoms with Crippen LogP contribution in [-0.2, 0) is 29.3 Å². The lowest BCUT2D eigenvalue weighted by atomic mass is 9.97. The summed E-state index contributed by atoms with van der Waals surface area (Å²) in [6, 6.07) is 20.4. The lowest BCUT2D eigenvalue weighted by molar-refractivity contribution is -0.137. The minimum Gasteiger partial charge on any atom is -0.497 e. The van der Waals surface area contributed by atoms with Crippen molar-refractivity contribution in [1.82, 2.24) is 9.29 Å². The number of sulfonamides is 1. The Morgan fingerprint density at radius 1 is 0.789 bits per heavy atom. The summed E-state index contributed by atoms with van der Waals surface area (Å²) in [5.41, 5.74) is 3.02. The van der Waals surface area contributed by atoms with E-state index in [-0.39, 0.29) is 40.6 Å². The van der Waals surface area contributed by atoms with Gasteiger partial charge < -0.3 is 34.2 Å². The van der Waals surface area contributed by atoms with Gasteiger partial charge in [0.25, 0.3) is 5.91 Å². The number of ether oxygens (including phenoxy) is 6. The van der Waals surface area contributed by atoms with Crippen LogP contribution in [0.4, 0.5) is 13.2 Å². The molecule has 298 valence electrons. The highest BCUT2D eigenvalue weighted by atomic mass is 32.2. The van der Waals surface area contributed by atoms with Crippen molar-refractivity contribution in [1.29, 1.82) is 5.26 Å². The number of carbonyl (C=O) groups is 1. The molecule has 1 amide bonds. The zero-order valence-electron chi connectivity index (χ0n) is 31.6. The van der Waals surface area contributed by atoms with E-state index in [1.807, 2.05) is 6.07 Å². The zero-order valence-corrected chi connectivity index (χ0v) is 32.4. The van der Waals surface area contributed by atoms with E-state index in [0.29, 0.717) is 34.1 Å². The van der Waals surface area contributed by atoms with Gasteiger partial charge in [-0.3, -0.25) is 4.79 Å². The van der Waals surface area contributed by atoms with Crippen molar-refractivity contribution in [2.75, 3.05) is 35.5 Å². The van der Waals surface area contributed by atoms with Crippen LogP contribution in [0.15, 0.2) is 83.8 Å². The lowest BCUT2D eigenvalue weighted by Crippen LogP contribution is -2.30. The number of methoxy groups -OCH3 is 5. The Labute approximate surface area is 326 Å². The number of hydrogen-bond donors (Lipinski definition) is 1. The normalized spacial score (nSPS) is 11.5. The molecule has 0 aliphatic heterocycles. The first-order valence-corrected chi connectivity index (χ1v) is 18.2. The standard InChI is InChI=1S/C40H37F3N4O9S/c1-23-35(38(45)48)39(56-31-15-10-24(20-44)16-34(31)55-6)46-37(36(23)40(41,42)43)25-8-7-9-30(17-25)57(49,50)47(21-26-11-13-28(51-2)18-32(26)53-4)22-27-12-14-29(52-3)19-33(27)54-5/h7-19H,21-22H2,1-6H3,(H2,45,48). The Bertz CT molecular complexity index is 2410. The SMILES string of the molecule is COc1ccc(CN(Cc2ccc(OC)cc2OC)S(=O)(=O)c2cccc(-c3nc(Oc4ccc(C#N)cc4OC)c(C(N)=O)c(C)c3C(F)(F)F)c2)c(OC)c1. The summed E-state index contributed by atoms with van der Waals surface area (Å²) < 4.78 is 108. The van der Waals surface area contributed by atoms with Crippen molar-refractivity contribution < 1.29 is 54.8 Å². The Morgan fingerprint density at radius 3 is 1.86 bits per heavy atom. The number of rotatable bonds is 15. The number of nitrogens with two attached hydrogens (primary N) is 1. The molecule has 57 heavy (non-hydrogen) atoms. The van der Waals surface area contributed by atoms with Crippen LogP contribution in [0.3, 0.4) is 0 Å². The Balaban J connectivity index is 1.70. The van der Waals surface area contributed by atoms with Crippen molar-refractivity contribution >= 4 is 15.9 Å². The smallest absolute Gasteiger partial charge is 0.418 e. The van der Waals surface area contributed by atoms with Crippen molar-refractivity contribution in [3.63, 3.8) is 0 Å². The van der Waals surface area contributed by atoms with Crippen molar-refractivity contribution in [3.8, 4) is 57.7 Å². The molecule has 13 nitrogen and oxygen atoms in total. The molecule has 5 aromatic rings. The number of carbonyl (C=O) groups excluding carboxylic acids is 1. The largest absolute Gasteiger partial charge is 0.497 e. The minimum atomic E-state index is -5.10. The number of alkyl halides is 3.